The van der Waals surface area contributed by atoms with Gasteiger partial charge in [-0.25, -0.2) is 4.98 Å². The number of methoxy groups -OCH3 is 1. The molecule has 1 unspecified atom stereocenters. The van der Waals surface area contributed by atoms with Gasteiger partial charge in [-0.2, -0.15) is 5.10 Å². The van der Waals surface area contributed by atoms with E-state index in [4.69, 9.17) is 4.74 Å². The highest BCUT2D eigenvalue weighted by molar-refractivity contribution is 5.94. The molecule has 0 saturated heterocycles. The van der Waals surface area contributed by atoms with Crippen molar-refractivity contribution in [2.45, 2.75) is 19.4 Å². The maximum atomic E-state index is 12.3. The minimum atomic E-state index is -0.347. The zero-order chi connectivity index (χ0) is 13.7. The average Bonchev–Trinajstić information content (AvgIpc) is 2.94. The highest BCUT2D eigenvalue weighted by atomic mass is 16.5. The number of nitrogens with zero attached hydrogens (tertiary/aromatic N) is 3. The molecule has 0 spiro atoms. The number of pyridine rings is 1. The standard InChI is InChI=1S/C13H16N4O2/c1-3-11(17-9-5-8-15-17)12(18)16-10-6-4-7-14-13(10)19-2/h4-9,11H,3H2,1-2H3,(H,16,18). The fourth-order valence-corrected chi connectivity index (χ4v) is 1.82. The molecule has 0 saturated carbocycles. The van der Waals surface area contributed by atoms with Crippen LogP contribution in [-0.4, -0.2) is 27.8 Å². The number of ether oxygens (including phenoxy) is 1. The van der Waals surface area contributed by atoms with Crippen molar-refractivity contribution in [2.24, 2.45) is 0 Å². The Morgan fingerprint density at radius 1 is 1.47 bits per heavy atom. The number of aromatic nitrogens is 3. The Hall–Kier alpha value is -2.37. The molecule has 2 heterocycles. The van der Waals surface area contributed by atoms with Crippen LogP contribution in [0.2, 0.25) is 0 Å². The summed E-state index contributed by atoms with van der Waals surface area (Å²) in [6.45, 7) is 1.94. The number of rotatable bonds is 5. The van der Waals surface area contributed by atoms with Gasteiger partial charge in [-0.1, -0.05) is 6.92 Å². The SMILES string of the molecule is CCC(C(=O)Nc1cccnc1OC)n1cccn1. The molecule has 2 aromatic rings. The summed E-state index contributed by atoms with van der Waals surface area (Å²) in [5.41, 5.74) is 0.556. The summed E-state index contributed by atoms with van der Waals surface area (Å²) in [5.74, 6) is 0.253. The normalized spacial score (nSPS) is 11.9. The Morgan fingerprint density at radius 3 is 2.95 bits per heavy atom. The topological polar surface area (TPSA) is 69.0 Å². The molecule has 0 bridgehead atoms. The molecular formula is C13H16N4O2. The van der Waals surface area contributed by atoms with Crippen LogP contribution in [0.1, 0.15) is 19.4 Å². The van der Waals surface area contributed by atoms with Crippen LogP contribution >= 0.6 is 0 Å². The van der Waals surface area contributed by atoms with Gasteiger partial charge in [0.05, 0.1) is 7.11 Å². The van der Waals surface area contributed by atoms with Gasteiger partial charge in [-0.05, 0) is 24.6 Å². The minimum absolute atomic E-state index is 0.141. The first kappa shape index (κ1) is 13.1. The molecule has 100 valence electrons. The third-order valence-corrected chi connectivity index (χ3v) is 2.76. The lowest BCUT2D eigenvalue weighted by atomic mass is 10.2. The average molecular weight is 260 g/mol. The van der Waals surface area contributed by atoms with Crippen LogP contribution in [0, 0.1) is 0 Å². The zero-order valence-electron chi connectivity index (χ0n) is 10.9. The van der Waals surface area contributed by atoms with Crippen LogP contribution in [0.3, 0.4) is 0 Å². The largest absolute Gasteiger partial charge is 0.480 e. The van der Waals surface area contributed by atoms with Crippen molar-refractivity contribution in [3.05, 3.63) is 36.8 Å². The van der Waals surface area contributed by atoms with Crippen LogP contribution < -0.4 is 10.1 Å². The number of hydrogen-bond donors (Lipinski definition) is 1. The Balaban J connectivity index is 2.16. The number of hydrogen-bond acceptors (Lipinski definition) is 4. The van der Waals surface area contributed by atoms with Crippen molar-refractivity contribution in [3.8, 4) is 5.88 Å². The third-order valence-electron chi connectivity index (χ3n) is 2.76. The lowest BCUT2D eigenvalue weighted by Crippen LogP contribution is -2.26. The first-order valence-electron chi connectivity index (χ1n) is 6.05. The maximum absolute atomic E-state index is 12.3. The van der Waals surface area contributed by atoms with E-state index < -0.39 is 0 Å². The van der Waals surface area contributed by atoms with E-state index in [9.17, 15) is 4.79 Å². The second-order valence-electron chi connectivity index (χ2n) is 3.96. The van der Waals surface area contributed by atoms with Crippen LogP contribution in [-0.2, 0) is 4.79 Å². The van der Waals surface area contributed by atoms with E-state index in [2.05, 4.69) is 15.4 Å². The Bertz CT molecular complexity index is 539. The predicted octanol–water partition coefficient (Wildman–Crippen LogP) is 1.88. The molecule has 6 nitrogen and oxygen atoms in total. The summed E-state index contributed by atoms with van der Waals surface area (Å²) in [4.78, 5) is 16.3. The van der Waals surface area contributed by atoms with E-state index in [-0.39, 0.29) is 11.9 Å². The molecule has 19 heavy (non-hydrogen) atoms. The van der Waals surface area contributed by atoms with E-state index >= 15 is 0 Å². The zero-order valence-corrected chi connectivity index (χ0v) is 10.9. The van der Waals surface area contributed by atoms with Gasteiger partial charge in [-0.3, -0.25) is 9.48 Å². The van der Waals surface area contributed by atoms with E-state index in [0.717, 1.165) is 0 Å². The smallest absolute Gasteiger partial charge is 0.249 e. The summed E-state index contributed by atoms with van der Waals surface area (Å²) in [5, 5.41) is 6.92. The quantitative estimate of drug-likeness (QED) is 0.891. The second kappa shape index (κ2) is 5.99. The summed E-state index contributed by atoms with van der Waals surface area (Å²) < 4.78 is 6.74. The Labute approximate surface area is 111 Å². The highest BCUT2D eigenvalue weighted by Crippen LogP contribution is 2.22. The first-order valence-corrected chi connectivity index (χ1v) is 6.05. The third kappa shape index (κ3) is 2.90. The molecule has 0 aliphatic carbocycles. The van der Waals surface area contributed by atoms with Crippen molar-refractivity contribution < 1.29 is 9.53 Å². The molecule has 0 radical (unpaired) electrons. The molecule has 0 fully saturated rings. The van der Waals surface area contributed by atoms with Gasteiger partial charge in [0.15, 0.2) is 0 Å². The Morgan fingerprint density at radius 2 is 2.32 bits per heavy atom. The number of anilines is 1. The number of carbonyl (C=O) groups is 1. The van der Waals surface area contributed by atoms with Crippen molar-refractivity contribution in [2.75, 3.05) is 12.4 Å². The monoisotopic (exact) mass is 260 g/mol. The molecule has 1 N–H and O–H groups in total. The molecule has 2 rings (SSSR count). The van der Waals surface area contributed by atoms with Crippen LogP contribution in [0.25, 0.3) is 0 Å². The summed E-state index contributed by atoms with van der Waals surface area (Å²) in [6.07, 6.45) is 5.68. The van der Waals surface area contributed by atoms with Gasteiger partial charge >= 0.3 is 0 Å². The molecular weight excluding hydrogens is 244 g/mol. The van der Waals surface area contributed by atoms with Crippen molar-refractivity contribution in [3.63, 3.8) is 0 Å². The van der Waals surface area contributed by atoms with Gasteiger partial charge in [0.2, 0.25) is 11.8 Å². The van der Waals surface area contributed by atoms with Gasteiger partial charge in [-0.15, -0.1) is 0 Å². The molecule has 1 amide bonds. The van der Waals surface area contributed by atoms with Gasteiger partial charge in [0, 0.05) is 18.6 Å². The van der Waals surface area contributed by atoms with Gasteiger partial charge in [0.1, 0.15) is 11.7 Å². The maximum Gasteiger partial charge on any atom is 0.249 e. The predicted molar refractivity (Wildman–Crippen MR) is 71.0 cm³/mol. The molecule has 0 aromatic carbocycles. The molecule has 1 atom stereocenters. The Kier molecular flexibility index (Phi) is 4.12. The fraction of sp³-hybridized carbons (Fsp3) is 0.308. The van der Waals surface area contributed by atoms with E-state index in [1.807, 2.05) is 6.92 Å². The van der Waals surface area contributed by atoms with E-state index in [1.54, 1.807) is 41.5 Å². The second-order valence-corrected chi connectivity index (χ2v) is 3.96. The van der Waals surface area contributed by atoms with Crippen LogP contribution in [0.15, 0.2) is 36.8 Å². The van der Waals surface area contributed by atoms with E-state index in [1.165, 1.54) is 7.11 Å². The summed E-state index contributed by atoms with van der Waals surface area (Å²) in [6, 6.07) is 4.94. The minimum Gasteiger partial charge on any atom is -0.480 e. The van der Waals surface area contributed by atoms with Crippen molar-refractivity contribution in [1.29, 1.82) is 0 Å². The van der Waals surface area contributed by atoms with Crippen LogP contribution in [0.5, 0.6) is 5.88 Å². The fourth-order valence-electron chi connectivity index (χ4n) is 1.82. The molecule has 0 aliphatic rings. The number of carbonyl (C=O) groups excluding carboxylic acids is 1. The number of nitrogens with one attached hydrogen (secondary N) is 1. The lowest BCUT2D eigenvalue weighted by molar-refractivity contribution is -0.119. The highest BCUT2D eigenvalue weighted by Gasteiger charge is 2.20. The molecule has 0 aliphatic heterocycles. The van der Waals surface area contributed by atoms with Gasteiger partial charge in [0.25, 0.3) is 0 Å². The molecule has 2 aromatic heterocycles. The first-order chi connectivity index (χ1) is 9.26. The lowest BCUT2D eigenvalue weighted by Gasteiger charge is -2.16. The van der Waals surface area contributed by atoms with Crippen molar-refractivity contribution >= 4 is 11.6 Å². The number of amides is 1. The molecule has 6 heteroatoms. The summed E-state index contributed by atoms with van der Waals surface area (Å²) >= 11 is 0. The van der Waals surface area contributed by atoms with E-state index in [0.29, 0.717) is 18.0 Å². The summed E-state index contributed by atoms with van der Waals surface area (Å²) in [7, 11) is 1.52. The van der Waals surface area contributed by atoms with Gasteiger partial charge < -0.3 is 10.1 Å². The van der Waals surface area contributed by atoms with Crippen LogP contribution in [0.4, 0.5) is 5.69 Å². The van der Waals surface area contributed by atoms with Crippen molar-refractivity contribution in [1.82, 2.24) is 14.8 Å².